The van der Waals surface area contributed by atoms with Crippen molar-refractivity contribution in [1.82, 2.24) is 10.2 Å². The van der Waals surface area contributed by atoms with Crippen LogP contribution in [0.25, 0.3) is 0 Å². The van der Waals surface area contributed by atoms with Crippen LogP contribution in [0.15, 0.2) is 0 Å². The van der Waals surface area contributed by atoms with Crippen LogP contribution in [0.1, 0.15) is 123 Å². The molecule has 1 atom stereocenters. The summed E-state index contributed by atoms with van der Waals surface area (Å²) in [4.78, 5) is 14.1. The zero-order valence-electron chi connectivity index (χ0n) is 23.3. The summed E-state index contributed by atoms with van der Waals surface area (Å²) < 4.78 is 0.793. The Morgan fingerprint density at radius 2 is 1.00 bits per heavy atom. The number of halogens is 1. The van der Waals surface area contributed by atoms with Crippen LogP contribution >= 0.6 is 12.4 Å². The Morgan fingerprint density at radius 1 is 0.688 bits per heavy atom. The molecular formula is C27H61ClN3O+. The molecule has 196 valence electrons. The predicted molar refractivity (Wildman–Crippen MR) is 147 cm³/mol. The Morgan fingerprint density at radius 3 is 1.28 bits per heavy atom. The average molecular weight is 479 g/mol. The molecule has 0 aliphatic heterocycles. The monoisotopic (exact) mass is 478 g/mol. The third-order valence-electron chi connectivity index (χ3n) is 5.66. The van der Waals surface area contributed by atoms with Crippen LogP contribution in [-0.2, 0) is 4.79 Å². The second-order valence-corrected chi connectivity index (χ2v) is 10.6. The van der Waals surface area contributed by atoms with Crippen LogP contribution in [0, 0.1) is 0 Å². The molecule has 0 aromatic carbocycles. The lowest BCUT2D eigenvalue weighted by atomic mass is 10.0. The molecule has 32 heavy (non-hydrogen) atoms. The third-order valence-corrected chi connectivity index (χ3v) is 5.66. The molecule has 0 aromatic heterocycles. The van der Waals surface area contributed by atoms with Crippen LogP contribution in [0.2, 0.25) is 0 Å². The Bertz CT molecular complexity index is 381. The second-order valence-electron chi connectivity index (χ2n) is 10.6. The Balaban J connectivity index is -0.00000154. The van der Waals surface area contributed by atoms with Gasteiger partial charge in [0, 0.05) is 12.8 Å². The second kappa shape index (κ2) is 25.3. The van der Waals surface area contributed by atoms with E-state index in [1.165, 1.54) is 89.9 Å². The molecule has 4 nitrogen and oxygen atoms in total. The maximum absolute atomic E-state index is 12.1. The van der Waals surface area contributed by atoms with E-state index in [1.54, 1.807) is 0 Å². The number of nitrogens with zero attached hydrogens (tertiary/aromatic N) is 2. The largest absolute Gasteiger partial charge is 0.312 e. The van der Waals surface area contributed by atoms with Gasteiger partial charge in [-0.25, -0.2) is 0 Å². The van der Waals surface area contributed by atoms with Crippen LogP contribution in [-0.4, -0.2) is 63.7 Å². The summed E-state index contributed by atoms with van der Waals surface area (Å²) >= 11 is 0. The number of hydrogen-bond donors (Lipinski definition) is 1. The standard InChI is InChI=1S/C24H50N2O.C3H9N.ClH/c1-6-8-9-10-11-12-13-14-15-16-17-18-19-20-21-22-24(27)25-23(7-2)26(3,4)5;1-4(2)3;/h23H,6-22H2,1-5H3;1-3H3;1H/p+1. The molecule has 0 saturated carbocycles. The van der Waals surface area contributed by atoms with Gasteiger partial charge < -0.3 is 14.7 Å². The van der Waals surface area contributed by atoms with Gasteiger partial charge in [-0.1, -0.05) is 104 Å². The highest BCUT2D eigenvalue weighted by atomic mass is 35.5. The summed E-state index contributed by atoms with van der Waals surface area (Å²) in [5.74, 6) is 0.226. The molecule has 1 N–H and O–H groups in total. The van der Waals surface area contributed by atoms with Gasteiger partial charge in [-0.15, -0.1) is 12.4 Å². The van der Waals surface area contributed by atoms with E-state index in [1.807, 2.05) is 26.0 Å². The molecule has 0 fully saturated rings. The highest BCUT2D eigenvalue weighted by Crippen LogP contribution is 2.14. The van der Waals surface area contributed by atoms with Crippen molar-refractivity contribution in [2.24, 2.45) is 0 Å². The van der Waals surface area contributed by atoms with Crippen molar-refractivity contribution in [3.8, 4) is 0 Å². The lowest BCUT2D eigenvalue weighted by Gasteiger charge is -2.33. The summed E-state index contributed by atoms with van der Waals surface area (Å²) in [6, 6.07) is 0. The number of rotatable bonds is 19. The number of carbonyl (C=O) groups is 1. The number of amides is 1. The van der Waals surface area contributed by atoms with Crippen LogP contribution in [0.5, 0.6) is 0 Å². The zero-order valence-corrected chi connectivity index (χ0v) is 24.1. The molecule has 0 aliphatic carbocycles. The van der Waals surface area contributed by atoms with E-state index in [4.69, 9.17) is 0 Å². The molecule has 0 aromatic rings. The van der Waals surface area contributed by atoms with Gasteiger partial charge in [-0.2, -0.15) is 0 Å². The molecule has 1 amide bonds. The minimum atomic E-state index is 0. The maximum Gasteiger partial charge on any atom is 0.224 e. The van der Waals surface area contributed by atoms with Crippen LogP contribution in [0.3, 0.4) is 0 Å². The summed E-state index contributed by atoms with van der Waals surface area (Å²) in [6.07, 6.45) is 22.4. The third kappa shape index (κ3) is 29.7. The topological polar surface area (TPSA) is 32.3 Å². The number of hydrogen-bond acceptors (Lipinski definition) is 2. The van der Waals surface area contributed by atoms with Gasteiger partial charge in [0.25, 0.3) is 0 Å². The highest BCUT2D eigenvalue weighted by molar-refractivity contribution is 5.85. The molecule has 0 radical (unpaired) electrons. The van der Waals surface area contributed by atoms with Crippen molar-refractivity contribution in [2.45, 2.75) is 129 Å². The molecule has 1 unspecified atom stereocenters. The van der Waals surface area contributed by atoms with Crippen molar-refractivity contribution < 1.29 is 9.28 Å². The summed E-state index contributed by atoms with van der Waals surface area (Å²) in [5.41, 5.74) is 0. The van der Waals surface area contributed by atoms with Crippen molar-refractivity contribution in [3.63, 3.8) is 0 Å². The van der Waals surface area contributed by atoms with Crippen LogP contribution in [0.4, 0.5) is 0 Å². The SMILES string of the molecule is CCCCCCCCCCCCCCCCCC(=O)NC(CC)[N+](C)(C)C.CN(C)C.Cl. The van der Waals surface area contributed by atoms with E-state index in [-0.39, 0.29) is 24.5 Å². The minimum absolute atomic E-state index is 0. The molecule has 0 bridgehead atoms. The summed E-state index contributed by atoms with van der Waals surface area (Å²) in [7, 11) is 12.4. The fourth-order valence-corrected chi connectivity index (χ4v) is 3.76. The first kappa shape index (κ1) is 36.3. The lowest BCUT2D eigenvalue weighted by Crippen LogP contribution is -2.54. The van der Waals surface area contributed by atoms with Gasteiger partial charge in [0.05, 0.1) is 21.1 Å². The van der Waals surface area contributed by atoms with Crippen molar-refractivity contribution in [3.05, 3.63) is 0 Å². The summed E-state index contributed by atoms with van der Waals surface area (Å²) in [5, 5.41) is 3.19. The first-order chi connectivity index (χ1) is 14.6. The molecule has 0 spiro atoms. The van der Waals surface area contributed by atoms with Gasteiger partial charge in [-0.05, 0) is 27.6 Å². The number of unbranched alkanes of at least 4 members (excludes halogenated alkanes) is 14. The molecular weight excluding hydrogens is 418 g/mol. The molecule has 0 saturated heterocycles. The predicted octanol–water partition coefficient (Wildman–Crippen LogP) is 7.41. The number of quaternary nitrogens is 1. The Hall–Kier alpha value is -0.320. The van der Waals surface area contributed by atoms with Crippen molar-refractivity contribution in [2.75, 3.05) is 42.3 Å². The molecule has 0 rings (SSSR count). The van der Waals surface area contributed by atoms with Gasteiger partial charge in [0.2, 0.25) is 5.91 Å². The molecule has 0 heterocycles. The molecule has 0 aliphatic rings. The molecule has 5 heteroatoms. The van der Waals surface area contributed by atoms with Gasteiger partial charge in [0.15, 0.2) is 6.17 Å². The zero-order chi connectivity index (χ0) is 24.0. The Kier molecular flexibility index (Phi) is 28.7. The van der Waals surface area contributed by atoms with E-state index in [9.17, 15) is 4.79 Å². The van der Waals surface area contributed by atoms with Gasteiger partial charge in [0.1, 0.15) is 0 Å². The van der Waals surface area contributed by atoms with E-state index < -0.39 is 0 Å². The normalized spacial score (nSPS) is 12.0. The quantitative estimate of drug-likeness (QED) is 0.119. The van der Waals surface area contributed by atoms with E-state index in [0.29, 0.717) is 6.42 Å². The highest BCUT2D eigenvalue weighted by Gasteiger charge is 2.22. The van der Waals surface area contributed by atoms with Crippen LogP contribution < -0.4 is 5.32 Å². The average Bonchev–Trinajstić information content (AvgIpc) is 2.67. The fraction of sp³-hybridized carbons (Fsp3) is 0.963. The number of nitrogens with one attached hydrogen (secondary N) is 1. The van der Waals surface area contributed by atoms with Gasteiger partial charge >= 0.3 is 0 Å². The lowest BCUT2D eigenvalue weighted by molar-refractivity contribution is -0.898. The maximum atomic E-state index is 12.1. The van der Waals surface area contributed by atoms with E-state index in [2.05, 4.69) is 40.3 Å². The van der Waals surface area contributed by atoms with Crippen molar-refractivity contribution in [1.29, 1.82) is 0 Å². The van der Waals surface area contributed by atoms with E-state index >= 15 is 0 Å². The fourth-order valence-electron chi connectivity index (χ4n) is 3.76. The van der Waals surface area contributed by atoms with E-state index in [0.717, 1.165) is 17.3 Å². The van der Waals surface area contributed by atoms with Crippen molar-refractivity contribution >= 4 is 18.3 Å². The smallest absolute Gasteiger partial charge is 0.224 e. The minimum Gasteiger partial charge on any atom is -0.312 e. The summed E-state index contributed by atoms with van der Waals surface area (Å²) in [6.45, 7) is 4.42. The van der Waals surface area contributed by atoms with Gasteiger partial charge in [-0.3, -0.25) is 4.79 Å². The first-order valence-electron chi connectivity index (χ1n) is 13.4. The Labute approximate surface area is 209 Å². The first-order valence-corrected chi connectivity index (χ1v) is 13.4. The number of carbonyl (C=O) groups excluding carboxylic acids is 1.